The second-order valence-electron chi connectivity index (χ2n) is 6.41. The van der Waals surface area contributed by atoms with Crippen LogP contribution in [0, 0.1) is 6.92 Å². The number of aromatic nitrogens is 1. The van der Waals surface area contributed by atoms with Crippen molar-refractivity contribution in [2.45, 2.75) is 36.8 Å². The average Bonchev–Trinajstić information content (AvgIpc) is 2.98. The predicted octanol–water partition coefficient (Wildman–Crippen LogP) is 2.69. The smallest absolute Gasteiger partial charge is 0.226 e. The van der Waals surface area contributed by atoms with E-state index >= 15 is 0 Å². The van der Waals surface area contributed by atoms with Crippen LogP contribution in [0.3, 0.4) is 0 Å². The van der Waals surface area contributed by atoms with Crippen molar-refractivity contribution in [1.82, 2.24) is 9.88 Å². The third-order valence-corrected chi connectivity index (χ3v) is 5.43. The van der Waals surface area contributed by atoms with Crippen LogP contribution in [0.15, 0.2) is 33.6 Å². The summed E-state index contributed by atoms with van der Waals surface area (Å²) in [5.41, 5.74) is 1.00. The highest BCUT2D eigenvalue weighted by atomic mass is 32.2. The van der Waals surface area contributed by atoms with Crippen LogP contribution < -0.4 is 0 Å². The van der Waals surface area contributed by atoms with Crippen LogP contribution in [-0.2, 0) is 6.54 Å². The van der Waals surface area contributed by atoms with E-state index in [1.165, 1.54) is 4.90 Å². The van der Waals surface area contributed by atoms with E-state index in [0.29, 0.717) is 25.3 Å². The zero-order valence-electron chi connectivity index (χ0n) is 14.2. The van der Waals surface area contributed by atoms with Gasteiger partial charge in [0, 0.05) is 30.1 Å². The van der Waals surface area contributed by atoms with Crippen LogP contribution in [-0.4, -0.2) is 51.7 Å². The number of piperidine rings is 1. The molecule has 1 saturated heterocycles. The Balaban J connectivity index is 1.68. The number of rotatable bonds is 5. The zero-order chi connectivity index (χ0) is 17.2. The summed E-state index contributed by atoms with van der Waals surface area (Å²) < 4.78 is 5.84. The average molecular weight is 348 g/mol. The first kappa shape index (κ1) is 17.5. The Bertz CT molecular complexity index is 676. The van der Waals surface area contributed by atoms with E-state index in [-0.39, 0.29) is 6.61 Å². The van der Waals surface area contributed by atoms with Crippen molar-refractivity contribution in [3.8, 4) is 11.5 Å². The number of benzene rings is 1. The van der Waals surface area contributed by atoms with Crippen LogP contribution in [0.1, 0.15) is 24.3 Å². The molecule has 1 aliphatic heterocycles. The van der Waals surface area contributed by atoms with Gasteiger partial charge in [-0.1, -0.05) is 0 Å². The monoisotopic (exact) mass is 348 g/mol. The van der Waals surface area contributed by atoms with Crippen molar-refractivity contribution < 1.29 is 14.6 Å². The molecule has 0 aliphatic carbocycles. The van der Waals surface area contributed by atoms with Gasteiger partial charge in [0.2, 0.25) is 5.89 Å². The minimum absolute atomic E-state index is 0.167. The first-order valence-corrected chi connectivity index (χ1v) is 9.42. The summed E-state index contributed by atoms with van der Waals surface area (Å²) in [7, 11) is 0. The number of likely N-dealkylation sites (tertiary alicyclic amines) is 1. The van der Waals surface area contributed by atoms with Gasteiger partial charge >= 0.3 is 0 Å². The molecule has 1 aliphatic rings. The van der Waals surface area contributed by atoms with Crippen LogP contribution in [0.5, 0.6) is 0 Å². The normalized spacial score (nSPS) is 18.0. The molecule has 2 N–H and O–H groups in total. The maximum atomic E-state index is 10.1. The molecule has 1 aromatic carbocycles. The molecule has 2 aromatic rings. The van der Waals surface area contributed by atoms with Gasteiger partial charge in [-0.15, -0.1) is 11.8 Å². The molecule has 0 unspecified atom stereocenters. The molecule has 0 spiro atoms. The molecule has 1 aromatic heterocycles. The summed E-state index contributed by atoms with van der Waals surface area (Å²) >= 11 is 1.71. The second kappa shape index (κ2) is 7.27. The van der Waals surface area contributed by atoms with E-state index in [9.17, 15) is 10.2 Å². The molecule has 5 nitrogen and oxygen atoms in total. The van der Waals surface area contributed by atoms with Crippen molar-refractivity contribution in [3.05, 3.63) is 35.7 Å². The van der Waals surface area contributed by atoms with Gasteiger partial charge in [-0.3, -0.25) is 4.90 Å². The van der Waals surface area contributed by atoms with E-state index in [1.807, 2.05) is 19.1 Å². The fourth-order valence-corrected chi connectivity index (χ4v) is 3.34. The van der Waals surface area contributed by atoms with Gasteiger partial charge < -0.3 is 14.6 Å². The predicted molar refractivity (Wildman–Crippen MR) is 95.0 cm³/mol. The SMILES string of the molecule is CSc1ccc(-c2nc(CN3CCC(O)(CO)CC3)c(C)o2)cc1. The Kier molecular flexibility index (Phi) is 5.30. The van der Waals surface area contributed by atoms with Gasteiger partial charge in [-0.05, 0) is 50.3 Å². The number of aliphatic hydroxyl groups excluding tert-OH is 1. The fraction of sp³-hybridized carbons (Fsp3) is 0.500. The van der Waals surface area contributed by atoms with Gasteiger partial charge in [-0.2, -0.15) is 0 Å². The largest absolute Gasteiger partial charge is 0.441 e. The fourth-order valence-electron chi connectivity index (χ4n) is 2.93. The van der Waals surface area contributed by atoms with Crippen LogP contribution in [0.2, 0.25) is 0 Å². The Morgan fingerprint density at radius 2 is 1.92 bits per heavy atom. The van der Waals surface area contributed by atoms with E-state index in [4.69, 9.17) is 4.42 Å². The first-order valence-electron chi connectivity index (χ1n) is 8.19. The highest BCUT2D eigenvalue weighted by Crippen LogP contribution is 2.27. The lowest BCUT2D eigenvalue weighted by molar-refractivity contribution is -0.0608. The third kappa shape index (κ3) is 3.83. The van der Waals surface area contributed by atoms with Crippen LogP contribution in [0.4, 0.5) is 0 Å². The molecule has 130 valence electrons. The molecule has 0 atom stereocenters. The molecular weight excluding hydrogens is 324 g/mol. The van der Waals surface area contributed by atoms with Crippen molar-refractivity contribution >= 4 is 11.8 Å². The lowest BCUT2D eigenvalue weighted by Gasteiger charge is -2.36. The van der Waals surface area contributed by atoms with Gasteiger partial charge in [0.05, 0.1) is 17.9 Å². The summed E-state index contributed by atoms with van der Waals surface area (Å²) in [4.78, 5) is 8.12. The number of nitrogens with zero attached hydrogens (tertiary/aromatic N) is 2. The highest BCUT2D eigenvalue weighted by molar-refractivity contribution is 7.98. The van der Waals surface area contributed by atoms with E-state index in [0.717, 1.165) is 30.1 Å². The molecule has 6 heteroatoms. The van der Waals surface area contributed by atoms with Crippen molar-refractivity contribution in [2.24, 2.45) is 0 Å². The molecule has 24 heavy (non-hydrogen) atoms. The maximum Gasteiger partial charge on any atom is 0.226 e. The minimum Gasteiger partial charge on any atom is -0.441 e. The topological polar surface area (TPSA) is 69.7 Å². The molecule has 3 rings (SSSR count). The number of aryl methyl sites for hydroxylation is 1. The van der Waals surface area contributed by atoms with Gasteiger partial charge in [-0.25, -0.2) is 4.98 Å². The van der Waals surface area contributed by atoms with Crippen LogP contribution in [0.25, 0.3) is 11.5 Å². The molecule has 0 amide bonds. The number of hydrogen-bond acceptors (Lipinski definition) is 6. The van der Waals surface area contributed by atoms with E-state index in [1.54, 1.807) is 11.8 Å². The summed E-state index contributed by atoms with van der Waals surface area (Å²) in [6.45, 7) is 3.98. The second-order valence-corrected chi connectivity index (χ2v) is 7.29. The number of aliphatic hydroxyl groups is 2. The Hall–Kier alpha value is -1.34. The molecular formula is C18H24N2O3S. The van der Waals surface area contributed by atoms with Gasteiger partial charge in [0.25, 0.3) is 0 Å². The molecule has 0 saturated carbocycles. The summed E-state index contributed by atoms with van der Waals surface area (Å²) in [5.74, 6) is 1.49. The first-order chi connectivity index (χ1) is 11.5. The zero-order valence-corrected chi connectivity index (χ0v) is 15.0. The Morgan fingerprint density at radius 3 is 2.50 bits per heavy atom. The van der Waals surface area contributed by atoms with E-state index < -0.39 is 5.60 Å². The standard InChI is InChI=1S/C18H24N2O3S/c1-13-16(11-20-9-7-18(22,12-21)8-10-20)19-17(23-13)14-3-5-15(24-2)6-4-14/h3-6,21-22H,7-12H2,1-2H3. The molecule has 0 bridgehead atoms. The number of thioether (sulfide) groups is 1. The summed E-state index contributed by atoms with van der Waals surface area (Å²) in [6, 6.07) is 8.20. The third-order valence-electron chi connectivity index (χ3n) is 4.68. The quantitative estimate of drug-likeness (QED) is 0.810. The lowest BCUT2D eigenvalue weighted by Crippen LogP contribution is -2.46. The Labute approximate surface area is 146 Å². The van der Waals surface area contributed by atoms with E-state index in [2.05, 4.69) is 28.3 Å². The Morgan fingerprint density at radius 1 is 1.25 bits per heavy atom. The van der Waals surface area contributed by atoms with Crippen molar-refractivity contribution in [3.63, 3.8) is 0 Å². The van der Waals surface area contributed by atoms with Crippen LogP contribution >= 0.6 is 11.8 Å². The molecule has 1 fully saturated rings. The van der Waals surface area contributed by atoms with Gasteiger partial charge in [0.15, 0.2) is 0 Å². The minimum atomic E-state index is -0.917. The van der Waals surface area contributed by atoms with Gasteiger partial charge in [0.1, 0.15) is 5.76 Å². The summed E-state index contributed by atoms with van der Waals surface area (Å²) in [5, 5.41) is 19.3. The number of hydrogen-bond donors (Lipinski definition) is 2. The van der Waals surface area contributed by atoms with Crippen molar-refractivity contribution in [2.75, 3.05) is 26.0 Å². The summed E-state index contributed by atoms with van der Waals surface area (Å²) in [6.07, 6.45) is 3.23. The molecule has 2 heterocycles. The highest BCUT2D eigenvalue weighted by Gasteiger charge is 2.31. The molecule has 0 radical (unpaired) electrons. The van der Waals surface area contributed by atoms with Crippen molar-refractivity contribution in [1.29, 1.82) is 0 Å². The lowest BCUT2D eigenvalue weighted by atomic mass is 9.92. The number of oxazole rings is 1. The maximum absolute atomic E-state index is 10.1.